The minimum atomic E-state index is -0.0772. The second kappa shape index (κ2) is 4.71. The van der Waals surface area contributed by atoms with Crippen LogP contribution in [0.3, 0.4) is 0 Å². The SMILES string of the molecule is COc1ccc(C2Cn3nnc(C#N)c3CO2)cc1. The number of hydrogen-bond acceptors (Lipinski definition) is 5. The summed E-state index contributed by atoms with van der Waals surface area (Å²) in [6, 6.07) is 9.75. The molecule has 0 fully saturated rings. The number of ether oxygens (including phenoxy) is 2. The van der Waals surface area contributed by atoms with Crippen molar-refractivity contribution in [3.63, 3.8) is 0 Å². The summed E-state index contributed by atoms with van der Waals surface area (Å²) in [5.41, 5.74) is 2.14. The molecule has 1 aliphatic rings. The Kier molecular flexibility index (Phi) is 2.89. The van der Waals surface area contributed by atoms with Crippen molar-refractivity contribution in [2.75, 3.05) is 7.11 Å². The van der Waals surface area contributed by atoms with Crippen LogP contribution in [-0.4, -0.2) is 22.1 Å². The lowest BCUT2D eigenvalue weighted by atomic mass is 10.1. The van der Waals surface area contributed by atoms with Gasteiger partial charge in [0.25, 0.3) is 0 Å². The molecular formula is C13H12N4O2. The fourth-order valence-corrected chi connectivity index (χ4v) is 2.12. The summed E-state index contributed by atoms with van der Waals surface area (Å²) in [6.45, 7) is 0.920. The average Bonchev–Trinajstić information content (AvgIpc) is 2.89. The van der Waals surface area contributed by atoms with E-state index in [1.165, 1.54) is 0 Å². The molecule has 1 atom stereocenters. The molecule has 1 aromatic heterocycles. The summed E-state index contributed by atoms with van der Waals surface area (Å²) in [6.07, 6.45) is -0.0772. The van der Waals surface area contributed by atoms with E-state index in [-0.39, 0.29) is 6.10 Å². The molecule has 6 heteroatoms. The van der Waals surface area contributed by atoms with Crippen molar-refractivity contribution in [3.05, 3.63) is 41.2 Å². The van der Waals surface area contributed by atoms with Gasteiger partial charge in [0.2, 0.25) is 0 Å². The van der Waals surface area contributed by atoms with Crippen LogP contribution in [-0.2, 0) is 17.9 Å². The fourth-order valence-electron chi connectivity index (χ4n) is 2.12. The molecule has 6 nitrogen and oxygen atoms in total. The smallest absolute Gasteiger partial charge is 0.188 e. The molecule has 3 rings (SSSR count). The van der Waals surface area contributed by atoms with Crippen LogP contribution in [0, 0.1) is 11.3 Å². The van der Waals surface area contributed by atoms with Gasteiger partial charge >= 0.3 is 0 Å². The van der Waals surface area contributed by atoms with Gasteiger partial charge in [-0.3, -0.25) is 0 Å². The lowest BCUT2D eigenvalue weighted by molar-refractivity contribution is -0.00152. The number of rotatable bonds is 2. The number of fused-ring (bicyclic) bond motifs is 1. The van der Waals surface area contributed by atoms with Crippen LogP contribution in [0.5, 0.6) is 5.75 Å². The van der Waals surface area contributed by atoms with Gasteiger partial charge in [-0.05, 0) is 17.7 Å². The van der Waals surface area contributed by atoms with E-state index in [9.17, 15) is 0 Å². The molecule has 0 amide bonds. The van der Waals surface area contributed by atoms with Crippen LogP contribution in [0.15, 0.2) is 24.3 Å². The van der Waals surface area contributed by atoms with Gasteiger partial charge < -0.3 is 9.47 Å². The van der Waals surface area contributed by atoms with Gasteiger partial charge in [0.15, 0.2) is 5.69 Å². The highest BCUT2D eigenvalue weighted by Crippen LogP contribution is 2.27. The minimum absolute atomic E-state index is 0.0772. The van der Waals surface area contributed by atoms with Gasteiger partial charge in [-0.1, -0.05) is 17.3 Å². The zero-order valence-electron chi connectivity index (χ0n) is 10.4. The number of nitrogens with zero attached hydrogens (tertiary/aromatic N) is 4. The van der Waals surface area contributed by atoms with Crippen molar-refractivity contribution in [1.82, 2.24) is 15.0 Å². The maximum absolute atomic E-state index is 8.89. The third-order valence-electron chi connectivity index (χ3n) is 3.19. The number of methoxy groups -OCH3 is 1. The molecule has 1 aromatic carbocycles. The van der Waals surface area contributed by atoms with Crippen LogP contribution in [0.4, 0.5) is 0 Å². The number of benzene rings is 1. The van der Waals surface area contributed by atoms with Gasteiger partial charge in [0.05, 0.1) is 20.3 Å². The standard InChI is InChI=1S/C13H12N4O2/c1-18-10-4-2-9(3-5-10)13-7-17-12(8-19-13)11(6-14)15-16-17/h2-5,13H,7-8H2,1H3. The zero-order chi connectivity index (χ0) is 13.2. The largest absolute Gasteiger partial charge is 0.497 e. The molecule has 0 saturated heterocycles. The molecule has 2 heterocycles. The van der Waals surface area contributed by atoms with Crippen molar-refractivity contribution in [3.8, 4) is 11.8 Å². The molecule has 19 heavy (non-hydrogen) atoms. The van der Waals surface area contributed by atoms with Gasteiger partial charge in [-0.15, -0.1) is 5.10 Å². The Bertz CT molecular complexity index is 627. The first-order valence-corrected chi connectivity index (χ1v) is 5.90. The van der Waals surface area contributed by atoms with Crippen molar-refractivity contribution in [2.24, 2.45) is 0 Å². The maximum Gasteiger partial charge on any atom is 0.188 e. The predicted molar refractivity (Wildman–Crippen MR) is 65.3 cm³/mol. The van der Waals surface area contributed by atoms with Crippen molar-refractivity contribution in [1.29, 1.82) is 5.26 Å². The molecule has 2 aromatic rings. The lowest BCUT2D eigenvalue weighted by Crippen LogP contribution is -2.22. The van der Waals surface area contributed by atoms with Crippen molar-refractivity contribution < 1.29 is 9.47 Å². The number of hydrogen-bond donors (Lipinski definition) is 0. The summed E-state index contributed by atoms with van der Waals surface area (Å²) in [5.74, 6) is 0.813. The van der Waals surface area contributed by atoms with E-state index in [1.54, 1.807) is 11.8 Å². The number of aromatic nitrogens is 3. The van der Waals surface area contributed by atoms with E-state index < -0.39 is 0 Å². The van der Waals surface area contributed by atoms with Gasteiger partial charge in [0.1, 0.15) is 23.6 Å². The van der Waals surface area contributed by atoms with Crippen LogP contribution < -0.4 is 4.74 Å². The Balaban J connectivity index is 1.83. The Morgan fingerprint density at radius 3 is 2.89 bits per heavy atom. The fraction of sp³-hybridized carbons (Fsp3) is 0.308. The number of nitriles is 1. The highest BCUT2D eigenvalue weighted by molar-refractivity contribution is 5.30. The average molecular weight is 256 g/mol. The quantitative estimate of drug-likeness (QED) is 0.812. The lowest BCUT2D eigenvalue weighted by Gasteiger charge is -2.24. The van der Waals surface area contributed by atoms with Crippen LogP contribution >= 0.6 is 0 Å². The molecule has 0 bridgehead atoms. The summed E-state index contributed by atoms with van der Waals surface area (Å²) in [7, 11) is 1.64. The second-order valence-corrected chi connectivity index (χ2v) is 4.25. The maximum atomic E-state index is 8.89. The van der Waals surface area contributed by atoms with Gasteiger partial charge in [-0.25, -0.2) is 4.68 Å². The van der Waals surface area contributed by atoms with Crippen molar-refractivity contribution >= 4 is 0 Å². The molecule has 0 spiro atoms. The van der Waals surface area contributed by atoms with Crippen LogP contribution in [0.1, 0.15) is 23.1 Å². The third-order valence-corrected chi connectivity index (χ3v) is 3.19. The first-order chi connectivity index (χ1) is 9.31. The summed E-state index contributed by atoms with van der Waals surface area (Å²) < 4.78 is 12.6. The van der Waals surface area contributed by atoms with Crippen LogP contribution in [0.25, 0.3) is 0 Å². The molecule has 1 aliphatic heterocycles. The Hall–Kier alpha value is -2.39. The third kappa shape index (κ3) is 2.04. The molecule has 0 aliphatic carbocycles. The molecular weight excluding hydrogens is 244 g/mol. The Morgan fingerprint density at radius 2 is 2.21 bits per heavy atom. The zero-order valence-corrected chi connectivity index (χ0v) is 10.4. The highest BCUT2D eigenvalue weighted by Gasteiger charge is 2.24. The molecule has 0 radical (unpaired) electrons. The topological polar surface area (TPSA) is 73.0 Å². The first-order valence-electron chi connectivity index (χ1n) is 5.90. The van der Waals surface area contributed by atoms with Gasteiger partial charge in [0, 0.05) is 0 Å². The summed E-state index contributed by atoms with van der Waals surface area (Å²) in [5, 5.41) is 16.7. The Labute approximate surface area is 110 Å². The van der Waals surface area contributed by atoms with E-state index in [2.05, 4.69) is 10.3 Å². The van der Waals surface area contributed by atoms with E-state index in [0.29, 0.717) is 18.8 Å². The highest BCUT2D eigenvalue weighted by atomic mass is 16.5. The van der Waals surface area contributed by atoms with E-state index in [0.717, 1.165) is 17.0 Å². The molecule has 0 saturated carbocycles. The summed E-state index contributed by atoms with van der Waals surface area (Å²) in [4.78, 5) is 0. The van der Waals surface area contributed by atoms with E-state index in [4.69, 9.17) is 14.7 Å². The Morgan fingerprint density at radius 1 is 1.42 bits per heavy atom. The first kappa shape index (κ1) is 11.7. The minimum Gasteiger partial charge on any atom is -0.497 e. The predicted octanol–water partition coefficient (Wildman–Crippen LogP) is 1.43. The van der Waals surface area contributed by atoms with Crippen molar-refractivity contribution in [2.45, 2.75) is 19.3 Å². The molecule has 0 N–H and O–H groups in total. The molecule has 1 unspecified atom stereocenters. The van der Waals surface area contributed by atoms with E-state index >= 15 is 0 Å². The normalized spacial score (nSPS) is 17.6. The molecule has 96 valence electrons. The van der Waals surface area contributed by atoms with Crippen LogP contribution in [0.2, 0.25) is 0 Å². The monoisotopic (exact) mass is 256 g/mol. The van der Waals surface area contributed by atoms with E-state index in [1.807, 2.05) is 30.3 Å². The summed E-state index contributed by atoms with van der Waals surface area (Å²) >= 11 is 0. The van der Waals surface area contributed by atoms with Gasteiger partial charge in [-0.2, -0.15) is 5.26 Å². The second-order valence-electron chi connectivity index (χ2n) is 4.25.